The Balaban J connectivity index is 2.96. The third-order valence-electron chi connectivity index (χ3n) is 3.18. The van der Waals surface area contributed by atoms with Gasteiger partial charge in [-0.3, -0.25) is 9.59 Å². The summed E-state index contributed by atoms with van der Waals surface area (Å²) in [6.45, 7) is 9.97. The molecule has 0 aliphatic carbocycles. The molecule has 20 heavy (non-hydrogen) atoms. The Bertz CT molecular complexity index is 490. The van der Waals surface area contributed by atoms with Crippen LogP contribution in [0.5, 0.6) is 0 Å². The van der Waals surface area contributed by atoms with E-state index in [-0.39, 0.29) is 18.4 Å². The van der Waals surface area contributed by atoms with Crippen LogP contribution in [0.25, 0.3) is 0 Å². The lowest BCUT2D eigenvalue weighted by atomic mass is 10.1. The quantitative estimate of drug-likeness (QED) is 0.752. The first-order valence-corrected chi connectivity index (χ1v) is 6.93. The second kappa shape index (κ2) is 7.12. The molecule has 0 aliphatic heterocycles. The number of hydrogen-bond donors (Lipinski definition) is 0. The lowest BCUT2D eigenvalue weighted by Gasteiger charge is -2.21. The third-order valence-corrected chi connectivity index (χ3v) is 3.18. The largest absolute Gasteiger partial charge is 0.466 e. The van der Waals surface area contributed by atoms with Crippen LogP contribution in [0.4, 0.5) is 0 Å². The SMILES string of the molecule is CCCN(CC(=O)OCC)C(=O)c1c(C)oc(C)c1C. The molecule has 0 unspecified atom stereocenters. The molecule has 0 atom stereocenters. The van der Waals surface area contributed by atoms with Crippen molar-refractivity contribution in [3.63, 3.8) is 0 Å². The molecule has 0 N–H and O–H groups in total. The Morgan fingerprint density at radius 1 is 1.15 bits per heavy atom. The molecule has 1 amide bonds. The van der Waals surface area contributed by atoms with Gasteiger partial charge in [-0.15, -0.1) is 0 Å². The van der Waals surface area contributed by atoms with Crippen LogP contribution in [0.3, 0.4) is 0 Å². The van der Waals surface area contributed by atoms with Crippen LogP contribution in [0.2, 0.25) is 0 Å². The highest BCUT2D eigenvalue weighted by Gasteiger charge is 2.25. The second-order valence-electron chi connectivity index (χ2n) is 4.75. The lowest BCUT2D eigenvalue weighted by molar-refractivity contribution is -0.143. The van der Waals surface area contributed by atoms with Crippen molar-refractivity contribution < 1.29 is 18.7 Å². The number of nitrogens with zero attached hydrogens (tertiary/aromatic N) is 1. The Morgan fingerprint density at radius 3 is 2.25 bits per heavy atom. The molecule has 1 rings (SSSR count). The number of carbonyl (C=O) groups excluding carboxylic acids is 2. The van der Waals surface area contributed by atoms with Gasteiger partial charge >= 0.3 is 5.97 Å². The standard InChI is InChI=1S/C15H23NO4/c1-6-8-16(9-13(17)19-7-2)15(18)14-10(3)11(4)20-12(14)5/h6-9H2,1-5H3. The average Bonchev–Trinajstić information content (AvgIpc) is 2.62. The Labute approximate surface area is 119 Å². The van der Waals surface area contributed by atoms with Crippen LogP contribution in [-0.4, -0.2) is 36.5 Å². The third kappa shape index (κ3) is 3.62. The fourth-order valence-electron chi connectivity index (χ4n) is 2.15. The van der Waals surface area contributed by atoms with E-state index in [9.17, 15) is 9.59 Å². The predicted octanol–water partition coefficient (Wildman–Crippen LogP) is 2.62. The van der Waals surface area contributed by atoms with Gasteiger partial charge in [0, 0.05) is 12.1 Å². The Morgan fingerprint density at radius 2 is 1.80 bits per heavy atom. The molecule has 0 bridgehead atoms. The summed E-state index contributed by atoms with van der Waals surface area (Å²) in [6.07, 6.45) is 0.778. The molecule has 112 valence electrons. The van der Waals surface area contributed by atoms with E-state index in [2.05, 4.69) is 0 Å². The molecule has 0 aliphatic rings. The smallest absolute Gasteiger partial charge is 0.325 e. The molecule has 5 nitrogen and oxygen atoms in total. The van der Waals surface area contributed by atoms with E-state index < -0.39 is 0 Å². The molecule has 1 aromatic rings. The zero-order valence-electron chi connectivity index (χ0n) is 12.9. The van der Waals surface area contributed by atoms with E-state index in [0.29, 0.717) is 24.5 Å². The van der Waals surface area contributed by atoms with Crippen molar-refractivity contribution in [1.29, 1.82) is 0 Å². The van der Waals surface area contributed by atoms with E-state index >= 15 is 0 Å². The summed E-state index contributed by atoms with van der Waals surface area (Å²) in [5.41, 5.74) is 1.39. The maximum atomic E-state index is 12.6. The topological polar surface area (TPSA) is 59.8 Å². The van der Waals surface area contributed by atoms with Gasteiger partial charge in [0.2, 0.25) is 0 Å². The number of rotatable bonds is 6. The summed E-state index contributed by atoms with van der Waals surface area (Å²) in [7, 11) is 0. The van der Waals surface area contributed by atoms with Gasteiger partial charge in [-0.05, 0) is 34.1 Å². The minimum absolute atomic E-state index is 0.0242. The number of furan rings is 1. The molecule has 0 fully saturated rings. The number of ether oxygens (including phenoxy) is 1. The lowest BCUT2D eigenvalue weighted by Crippen LogP contribution is -2.37. The highest BCUT2D eigenvalue weighted by Crippen LogP contribution is 2.22. The van der Waals surface area contributed by atoms with Crippen molar-refractivity contribution in [1.82, 2.24) is 4.90 Å². The van der Waals surface area contributed by atoms with E-state index in [1.807, 2.05) is 20.8 Å². The second-order valence-corrected chi connectivity index (χ2v) is 4.75. The Hall–Kier alpha value is -1.78. The van der Waals surface area contributed by atoms with Gasteiger partial charge in [0.05, 0.1) is 12.2 Å². The zero-order valence-corrected chi connectivity index (χ0v) is 12.9. The maximum absolute atomic E-state index is 12.6. The van der Waals surface area contributed by atoms with E-state index in [1.165, 1.54) is 4.90 Å². The predicted molar refractivity (Wildman–Crippen MR) is 75.7 cm³/mol. The van der Waals surface area contributed by atoms with Crippen molar-refractivity contribution in [3.8, 4) is 0 Å². The number of carbonyl (C=O) groups is 2. The van der Waals surface area contributed by atoms with Gasteiger partial charge < -0.3 is 14.1 Å². The van der Waals surface area contributed by atoms with Gasteiger partial charge in [0.15, 0.2) is 0 Å². The van der Waals surface area contributed by atoms with Crippen LogP contribution in [-0.2, 0) is 9.53 Å². The van der Waals surface area contributed by atoms with Crippen LogP contribution in [0.1, 0.15) is 47.7 Å². The number of hydrogen-bond acceptors (Lipinski definition) is 4. The normalized spacial score (nSPS) is 10.4. The molecule has 1 heterocycles. The first-order chi connectivity index (χ1) is 9.42. The summed E-state index contributed by atoms with van der Waals surface area (Å²) in [5, 5.41) is 0. The van der Waals surface area contributed by atoms with E-state index in [0.717, 1.165) is 17.7 Å². The van der Waals surface area contributed by atoms with Crippen LogP contribution < -0.4 is 0 Å². The monoisotopic (exact) mass is 281 g/mol. The van der Waals surface area contributed by atoms with Crippen LogP contribution in [0, 0.1) is 20.8 Å². The molecule has 5 heteroatoms. The molecule has 0 saturated heterocycles. The summed E-state index contributed by atoms with van der Waals surface area (Å²) in [4.78, 5) is 25.7. The van der Waals surface area contributed by atoms with Crippen molar-refractivity contribution >= 4 is 11.9 Å². The molecule has 0 aromatic carbocycles. The van der Waals surface area contributed by atoms with Gasteiger partial charge in [-0.25, -0.2) is 0 Å². The van der Waals surface area contributed by atoms with E-state index in [4.69, 9.17) is 9.15 Å². The fraction of sp³-hybridized carbons (Fsp3) is 0.600. The zero-order chi connectivity index (χ0) is 15.3. The summed E-state index contributed by atoms with van der Waals surface area (Å²) < 4.78 is 10.4. The minimum Gasteiger partial charge on any atom is -0.466 e. The summed E-state index contributed by atoms with van der Waals surface area (Å²) in [6, 6.07) is 0. The highest BCUT2D eigenvalue weighted by molar-refractivity contribution is 5.98. The van der Waals surface area contributed by atoms with Crippen LogP contribution in [0.15, 0.2) is 4.42 Å². The molecule has 0 spiro atoms. The van der Waals surface area contributed by atoms with Crippen molar-refractivity contribution in [2.75, 3.05) is 19.7 Å². The first kappa shape index (κ1) is 16.3. The van der Waals surface area contributed by atoms with Gasteiger partial charge in [-0.2, -0.15) is 0 Å². The maximum Gasteiger partial charge on any atom is 0.325 e. The number of aryl methyl sites for hydroxylation is 2. The van der Waals surface area contributed by atoms with Crippen molar-refractivity contribution in [2.45, 2.75) is 41.0 Å². The number of esters is 1. The van der Waals surface area contributed by atoms with Crippen molar-refractivity contribution in [2.24, 2.45) is 0 Å². The molecular formula is C15H23NO4. The first-order valence-electron chi connectivity index (χ1n) is 6.93. The van der Waals surface area contributed by atoms with Crippen molar-refractivity contribution in [3.05, 3.63) is 22.6 Å². The fourth-order valence-corrected chi connectivity index (χ4v) is 2.15. The van der Waals surface area contributed by atoms with Gasteiger partial charge in [0.25, 0.3) is 5.91 Å². The minimum atomic E-state index is -0.384. The summed E-state index contributed by atoms with van der Waals surface area (Å²) in [5.74, 6) is 0.768. The Kier molecular flexibility index (Phi) is 5.80. The highest BCUT2D eigenvalue weighted by atomic mass is 16.5. The molecule has 0 saturated carbocycles. The van der Waals surface area contributed by atoms with Gasteiger partial charge in [-0.1, -0.05) is 6.92 Å². The summed E-state index contributed by atoms with van der Waals surface area (Å²) >= 11 is 0. The number of amides is 1. The average molecular weight is 281 g/mol. The molecule has 0 radical (unpaired) electrons. The van der Waals surface area contributed by atoms with E-state index in [1.54, 1.807) is 13.8 Å². The molecule has 1 aromatic heterocycles. The molecular weight excluding hydrogens is 258 g/mol. The van der Waals surface area contributed by atoms with Gasteiger partial charge in [0.1, 0.15) is 18.1 Å². The van der Waals surface area contributed by atoms with Crippen LogP contribution >= 0.6 is 0 Å².